The van der Waals surface area contributed by atoms with Crippen LogP contribution in [0.1, 0.15) is 13.8 Å². The molecule has 0 aliphatic rings. The van der Waals surface area contributed by atoms with Crippen molar-refractivity contribution >= 4 is 0 Å². The Morgan fingerprint density at radius 2 is 2.00 bits per heavy atom. The zero-order chi connectivity index (χ0) is 5.91. The van der Waals surface area contributed by atoms with Gasteiger partial charge in [-0.2, -0.15) is 0 Å². The maximum Gasteiger partial charge on any atom is 0.0853 e. The fourth-order valence-corrected chi connectivity index (χ4v) is 0.215. The molecule has 0 aromatic carbocycles. The van der Waals surface area contributed by atoms with Crippen molar-refractivity contribution in [3.8, 4) is 0 Å². The Morgan fingerprint density at radius 3 is 2.00 bits per heavy atom. The van der Waals surface area contributed by atoms with Crippen LogP contribution in [0.5, 0.6) is 0 Å². The summed E-state index contributed by atoms with van der Waals surface area (Å²) in [7, 11) is 0. The lowest BCUT2D eigenvalue weighted by Gasteiger charge is -2.14. The predicted molar refractivity (Wildman–Crippen MR) is 28.4 cm³/mol. The Kier molecular flexibility index (Phi) is 2.22. The molecular formula is C4H12N2O. The van der Waals surface area contributed by atoms with Crippen molar-refractivity contribution in [2.24, 2.45) is 11.6 Å². The molecule has 0 saturated carbocycles. The minimum atomic E-state index is -0.297. The molecule has 0 amide bonds. The zero-order valence-electron chi connectivity index (χ0n) is 4.77. The molecule has 0 radical (unpaired) electrons. The number of hydrogen-bond donors (Lipinski definition) is 2. The Bertz CT molecular complexity index is 48.1. The van der Waals surface area contributed by atoms with Crippen LogP contribution >= 0.6 is 0 Å². The van der Waals surface area contributed by atoms with Crippen LogP contribution in [-0.2, 0) is 4.84 Å². The lowest BCUT2D eigenvalue weighted by atomic mass is 10.1. The minimum absolute atomic E-state index is 0.297. The summed E-state index contributed by atoms with van der Waals surface area (Å²) in [6, 6.07) is 0. The molecule has 0 fully saturated rings. The van der Waals surface area contributed by atoms with Crippen molar-refractivity contribution in [1.29, 1.82) is 0 Å². The van der Waals surface area contributed by atoms with Gasteiger partial charge in [0, 0.05) is 5.54 Å². The van der Waals surface area contributed by atoms with Gasteiger partial charge in [0.1, 0.15) is 0 Å². The fraction of sp³-hybridized carbons (Fsp3) is 1.00. The summed E-state index contributed by atoms with van der Waals surface area (Å²) in [4.78, 5) is 4.28. The van der Waals surface area contributed by atoms with Gasteiger partial charge in [-0.3, -0.25) is 0 Å². The van der Waals surface area contributed by atoms with Crippen LogP contribution in [0.25, 0.3) is 0 Å². The maximum atomic E-state index is 5.44. The lowest BCUT2D eigenvalue weighted by Crippen LogP contribution is -2.38. The van der Waals surface area contributed by atoms with Gasteiger partial charge in [-0.25, -0.2) is 5.90 Å². The van der Waals surface area contributed by atoms with Crippen LogP contribution in [0.2, 0.25) is 0 Å². The van der Waals surface area contributed by atoms with Crippen LogP contribution in [0.3, 0.4) is 0 Å². The first kappa shape index (κ1) is 6.88. The van der Waals surface area contributed by atoms with E-state index in [0.29, 0.717) is 6.61 Å². The van der Waals surface area contributed by atoms with E-state index in [1.807, 2.05) is 13.8 Å². The summed E-state index contributed by atoms with van der Waals surface area (Å²) in [5.41, 5.74) is 5.14. The van der Waals surface area contributed by atoms with Crippen molar-refractivity contribution in [2.45, 2.75) is 19.4 Å². The molecule has 0 aliphatic heterocycles. The van der Waals surface area contributed by atoms with E-state index in [4.69, 9.17) is 11.6 Å². The van der Waals surface area contributed by atoms with Crippen molar-refractivity contribution in [2.75, 3.05) is 6.61 Å². The van der Waals surface area contributed by atoms with Gasteiger partial charge in [0.15, 0.2) is 0 Å². The molecule has 44 valence electrons. The van der Waals surface area contributed by atoms with Crippen LogP contribution < -0.4 is 11.6 Å². The Morgan fingerprint density at radius 1 is 1.57 bits per heavy atom. The molecule has 7 heavy (non-hydrogen) atoms. The molecule has 0 atom stereocenters. The van der Waals surface area contributed by atoms with Gasteiger partial charge in [-0.15, -0.1) is 0 Å². The molecule has 4 N–H and O–H groups in total. The van der Waals surface area contributed by atoms with Gasteiger partial charge in [0.25, 0.3) is 0 Å². The number of rotatable bonds is 2. The lowest BCUT2D eigenvalue weighted by molar-refractivity contribution is 0.0991. The molecule has 3 nitrogen and oxygen atoms in total. The van der Waals surface area contributed by atoms with E-state index in [1.54, 1.807) is 0 Å². The van der Waals surface area contributed by atoms with Crippen LogP contribution in [0, 0.1) is 0 Å². The highest BCUT2D eigenvalue weighted by Gasteiger charge is 2.08. The Balaban J connectivity index is 3.15. The molecule has 0 aromatic rings. The van der Waals surface area contributed by atoms with Gasteiger partial charge >= 0.3 is 0 Å². The highest BCUT2D eigenvalue weighted by Crippen LogP contribution is 1.92. The summed E-state index contributed by atoms with van der Waals surface area (Å²) < 4.78 is 0. The average molecular weight is 104 g/mol. The van der Waals surface area contributed by atoms with Gasteiger partial charge in [-0.1, -0.05) is 0 Å². The Labute approximate surface area is 43.6 Å². The first-order valence-electron chi connectivity index (χ1n) is 2.17. The maximum absolute atomic E-state index is 5.44. The molecule has 0 aromatic heterocycles. The van der Waals surface area contributed by atoms with Crippen molar-refractivity contribution in [3.05, 3.63) is 0 Å². The van der Waals surface area contributed by atoms with Gasteiger partial charge in [0.2, 0.25) is 0 Å². The summed E-state index contributed by atoms with van der Waals surface area (Å²) in [5.74, 6) is 4.73. The second-order valence-electron chi connectivity index (χ2n) is 2.30. The Hall–Kier alpha value is -0.120. The summed E-state index contributed by atoms with van der Waals surface area (Å²) >= 11 is 0. The van der Waals surface area contributed by atoms with Crippen molar-refractivity contribution in [3.63, 3.8) is 0 Å². The van der Waals surface area contributed by atoms with Crippen LogP contribution in [0.4, 0.5) is 0 Å². The number of hydrogen-bond acceptors (Lipinski definition) is 3. The summed E-state index contributed by atoms with van der Waals surface area (Å²) in [6.07, 6.45) is 0. The van der Waals surface area contributed by atoms with Gasteiger partial charge in [0.05, 0.1) is 6.61 Å². The van der Waals surface area contributed by atoms with E-state index in [2.05, 4.69) is 4.84 Å². The highest BCUT2D eigenvalue weighted by molar-refractivity contribution is 4.68. The molecule has 0 spiro atoms. The van der Waals surface area contributed by atoms with Crippen molar-refractivity contribution < 1.29 is 4.84 Å². The standard InChI is InChI=1S/C4H12N2O/c1-4(2,5)3-7-6/h3,5-6H2,1-2H3. The second-order valence-corrected chi connectivity index (χ2v) is 2.30. The van der Waals surface area contributed by atoms with E-state index in [1.165, 1.54) is 0 Å². The summed E-state index contributed by atoms with van der Waals surface area (Å²) in [6.45, 7) is 4.09. The largest absolute Gasteiger partial charge is 0.324 e. The molecule has 0 heterocycles. The molecule has 0 saturated heterocycles. The SMILES string of the molecule is CC(C)(N)CON. The smallest absolute Gasteiger partial charge is 0.0853 e. The molecular weight excluding hydrogens is 92.1 g/mol. The zero-order valence-corrected chi connectivity index (χ0v) is 4.77. The third-order valence-electron chi connectivity index (χ3n) is 0.455. The molecule has 3 heteroatoms. The van der Waals surface area contributed by atoms with Gasteiger partial charge in [-0.05, 0) is 13.8 Å². The number of nitrogens with two attached hydrogens (primary N) is 2. The fourth-order valence-electron chi connectivity index (χ4n) is 0.215. The topological polar surface area (TPSA) is 61.3 Å². The first-order valence-corrected chi connectivity index (χ1v) is 2.17. The van der Waals surface area contributed by atoms with E-state index < -0.39 is 0 Å². The molecule has 0 bridgehead atoms. The van der Waals surface area contributed by atoms with E-state index in [-0.39, 0.29) is 5.54 Å². The third kappa shape index (κ3) is 5.88. The first-order chi connectivity index (χ1) is 3.06. The molecule has 0 aliphatic carbocycles. The molecule has 0 unspecified atom stereocenters. The monoisotopic (exact) mass is 104 g/mol. The quantitative estimate of drug-likeness (QED) is 0.469. The highest BCUT2D eigenvalue weighted by atomic mass is 16.6. The van der Waals surface area contributed by atoms with E-state index in [0.717, 1.165) is 0 Å². The summed E-state index contributed by atoms with van der Waals surface area (Å²) in [5, 5.41) is 0. The minimum Gasteiger partial charge on any atom is -0.324 e. The second kappa shape index (κ2) is 2.26. The molecule has 0 rings (SSSR count). The van der Waals surface area contributed by atoms with E-state index >= 15 is 0 Å². The van der Waals surface area contributed by atoms with Gasteiger partial charge < -0.3 is 10.6 Å². The van der Waals surface area contributed by atoms with Crippen LogP contribution in [0.15, 0.2) is 0 Å². The van der Waals surface area contributed by atoms with Crippen molar-refractivity contribution in [1.82, 2.24) is 0 Å². The van der Waals surface area contributed by atoms with E-state index in [9.17, 15) is 0 Å². The normalized spacial score (nSPS) is 12.0. The predicted octanol–water partition coefficient (Wildman–Crippen LogP) is -0.386. The average Bonchev–Trinajstić information content (AvgIpc) is 1.30. The third-order valence-corrected chi connectivity index (χ3v) is 0.455. The van der Waals surface area contributed by atoms with Crippen LogP contribution in [-0.4, -0.2) is 12.1 Å².